The van der Waals surface area contributed by atoms with Crippen molar-refractivity contribution in [2.75, 3.05) is 26.7 Å². The number of carbonyl (C=O) groups excluding carboxylic acids is 1. The first-order valence-corrected chi connectivity index (χ1v) is 16.5. The van der Waals surface area contributed by atoms with Gasteiger partial charge in [-0.3, -0.25) is 9.59 Å². The second kappa shape index (κ2) is 31.2. The van der Waals surface area contributed by atoms with E-state index in [1.807, 2.05) is 65.8 Å². The number of carboxylic acid groups (broad SMARTS) is 1. The number of carboxylic acids is 1. The Morgan fingerprint density at radius 1 is 0.980 bits per heavy atom. The number of allylic oxidation sites excluding steroid dienone is 5. The number of carbonyl (C=O) groups is 2. The highest BCUT2D eigenvalue weighted by molar-refractivity contribution is 5.67. The van der Waals surface area contributed by atoms with Crippen LogP contribution in [-0.4, -0.2) is 66.5 Å². The number of aliphatic carboxylic acids is 1. The Bertz CT molecular complexity index is 1190. The largest absolute Gasteiger partial charge is 0.505 e. The molecule has 0 aliphatic rings. The maximum atomic E-state index is 12.1. The van der Waals surface area contributed by atoms with Gasteiger partial charge in [-0.25, -0.2) is 4.39 Å². The summed E-state index contributed by atoms with van der Waals surface area (Å²) in [4.78, 5) is 23.6. The maximum absolute atomic E-state index is 12.1. The number of amides is 1. The van der Waals surface area contributed by atoms with Crippen molar-refractivity contribution >= 4 is 12.4 Å². The summed E-state index contributed by atoms with van der Waals surface area (Å²) in [6, 6.07) is 13.1. The van der Waals surface area contributed by atoms with Gasteiger partial charge in [-0.05, 0) is 70.0 Å². The molecular formula is C38H58F4N2O5. The third kappa shape index (κ3) is 30.9. The van der Waals surface area contributed by atoms with E-state index in [2.05, 4.69) is 36.5 Å². The molecule has 1 atom stereocenters. The van der Waals surface area contributed by atoms with Crippen LogP contribution in [0.4, 0.5) is 17.6 Å². The summed E-state index contributed by atoms with van der Waals surface area (Å²) in [7, 11) is 1.79. The standard InChI is InChI=1S/C26H38N2O4.C6H5FO.C2H3F3.2C2H6/c1-5-21(3)7-8-22(6-2)15-17-27-19-24(28(4)20-29)16-18-32-25-12-9-23(10-13-25)11-14-26(30)31;7-5-3-1-2-4-6(5)8;1-2(3,4)5;2*1-2/h5-10,12-13,20,24,27H,11,14-19H2,1-4H3,(H,30,31);1-4,8H;1H3;2*1-2H3/b8-7-,21-5-,22-6+;;;;/t24-;;;;/m0..../s1. The van der Waals surface area contributed by atoms with Gasteiger partial charge in [0.05, 0.1) is 6.61 Å². The number of nitrogens with zero attached hydrogens (tertiary/aromatic N) is 1. The number of halogens is 4. The second-order valence-electron chi connectivity index (χ2n) is 10.0. The first kappa shape index (κ1) is 49.3. The highest BCUT2D eigenvalue weighted by Crippen LogP contribution is 2.15. The van der Waals surface area contributed by atoms with Crippen LogP contribution in [0.5, 0.6) is 11.5 Å². The number of ether oxygens (including phenoxy) is 1. The van der Waals surface area contributed by atoms with Crippen molar-refractivity contribution in [3.05, 3.63) is 95.4 Å². The summed E-state index contributed by atoms with van der Waals surface area (Å²) in [6.45, 7) is 16.4. The van der Waals surface area contributed by atoms with Crippen LogP contribution in [0.15, 0.2) is 84.0 Å². The van der Waals surface area contributed by atoms with E-state index in [-0.39, 0.29) is 25.1 Å². The molecule has 0 aliphatic carbocycles. The molecule has 11 heteroatoms. The average molecular weight is 699 g/mol. The first-order valence-electron chi connectivity index (χ1n) is 16.5. The molecule has 0 aliphatic heterocycles. The third-order valence-electron chi connectivity index (χ3n) is 6.22. The van der Waals surface area contributed by atoms with Crippen molar-refractivity contribution < 1.29 is 42.1 Å². The summed E-state index contributed by atoms with van der Waals surface area (Å²) >= 11 is 0. The number of benzene rings is 2. The van der Waals surface area contributed by atoms with Gasteiger partial charge in [0, 0.05) is 39.4 Å². The van der Waals surface area contributed by atoms with Gasteiger partial charge in [0.2, 0.25) is 6.41 Å². The van der Waals surface area contributed by atoms with Gasteiger partial charge >= 0.3 is 12.1 Å². The molecule has 0 aromatic heterocycles. The topological polar surface area (TPSA) is 99.1 Å². The number of aromatic hydroxyl groups is 1. The number of phenolic OH excluding ortho intramolecular Hbond substituents is 1. The van der Waals surface area contributed by atoms with Crippen molar-refractivity contribution in [2.45, 2.75) is 93.3 Å². The number of hydrogen-bond acceptors (Lipinski definition) is 5. The van der Waals surface area contributed by atoms with Gasteiger partial charge in [-0.1, -0.05) is 87.4 Å². The molecule has 0 heterocycles. The van der Waals surface area contributed by atoms with Crippen molar-refractivity contribution in [2.24, 2.45) is 0 Å². The molecular weight excluding hydrogens is 640 g/mol. The molecule has 0 bridgehead atoms. The fourth-order valence-electron chi connectivity index (χ4n) is 3.46. The van der Waals surface area contributed by atoms with Gasteiger partial charge in [-0.15, -0.1) is 0 Å². The minimum absolute atomic E-state index is 0.0391. The Hall–Kier alpha value is -4.12. The minimum atomic E-state index is -4.00. The van der Waals surface area contributed by atoms with E-state index >= 15 is 0 Å². The van der Waals surface area contributed by atoms with Gasteiger partial charge in [0.1, 0.15) is 5.75 Å². The SMILES string of the molecule is CC.CC.CC(F)(F)F.C\C=C(C)/C=C\C(=C/C)CCNC[C@H](CCOc1ccc(CCC(=O)O)cc1)N(C)C=O.Oc1ccccc1F. The van der Waals surface area contributed by atoms with Gasteiger partial charge in [0.15, 0.2) is 11.6 Å². The lowest BCUT2D eigenvalue weighted by Crippen LogP contribution is -2.40. The van der Waals surface area contributed by atoms with Gasteiger partial charge in [0.25, 0.3) is 0 Å². The van der Waals surface area contributed by atoms with Crippen LogP contribution in [0.25, 0.3) is 0 Å². The van der Waals surface area contributed by atoms with Gasteiger partial charge < -0.3 is 25.2 Å². The van der Waals surface area contributed by atoms with Crippen molar-refractivity contribution in [3.8, 4) is 11.5 Å². The Kier molecular flexibility index (Phi) is 31.3. The number of rotatable bonds is 16. The fourth-order valence-corrected chi connectivity index (χ4v) is 3.46. The molecule has 278 valence electrons. The fraction of sp³-hybridized carbons (Fsp3) is 0.474. The Morgan fingerprint density at radius 2 is 1.55 bits per heavy atom. The number of hydrogen-bond donors (Lipinski definition) is 3. The summed E-state index contributed by atoms with van der Waals surface area (Å²) in [6.07, 6.45) is 7.58. The molecule has 0 spiro atoms. The molecule has 2 aromatic rings. The van der Waals surface area contributed by atoms with Crippen LogP contribution in [-0.2, 0) is 16.0 Å². The highest BCUT2D eigenvalue weighted by Gasteiger charge is 2.15. The zero-order valence-corrected chi connectivity index (χ0v) is 30.6. The molecule has 2 rings (SSSR count). The predicted molar refractivity (Wildman–Crippen MR) is 192 cm³/mol. The van der Waals surface area contributed by atoms with E-state index in [9.17, 15) is 27.2 Å². The average Bonchev–Trinajstić information content (AvgIpc) is 3.08. The van der Waals surface area contributed by atoms with E-state index in [0.717, 1.165) is 30.7 Å². The molecule has 1 amide bonds. The first-order chi connectivity index (χ1) is 23.2. The van der Waals surface area contributed by atoms with Crippen molar-refractivity contribution in [1.29, 1.82) is 0 Å². The molecule has 0 saturated heterocycles. The number of nitrogens with one attached hydrogen (secondary N) is 1. The number of alkyl halides is 3. The number of likely N-dealkylation sites (N-methyl/N-ethyl adjacent to an activating group) is 1. The molecule has 3 N–H and O–H groups in total. The van der Waals surface area contributed by atoms with Crippen molar-refractivity contribution in [1.82, 2.24) is 10.2 Å². The molecule has 49 heavy (non-hydrogen) atoms. The monoisotopic (exact) mass is 698 g/mol. The number of aryl methyl sites for hydroxylation is 1. The Morgan fingerprint density at radius 3 is 2.00 bits per heavy atom. The van der Waals surface area contributed by atoms with Crippen LogP contribution in [0.1, 0.15) is 80.2 Å². The van der Waals surface area contributed by atoms with E-state index in [0.29, 0.717) is 26.0 Å². The third-order valence-corrected chi connectivity index (χ3v) is 6.22. The lowest BCUT2D eigenvalue weighted by Gasteiger charge is -2.25. The van der Waals surface area contributed by atoms with Crippen molar-refractivity contribution in [3.63, 3.8) is 0 Å². The lowest BCUT2D eigenvalue weighted by atomic mass is 10.1. The van der Waals surface area contributed by atoms with Gasteiger partial charge in [-0.2, -0.15) is 13.2 Å². The number of phenols is 1. The zero-order chi connectivity index (χ0) is 38.3. The van der Waals surface area contributed by atoms with Crippen LogP contribution >= 0.6 is 0 Å². The van der Waals surface area contributed by atoms with E-state index in [4.69, 9.17) is 14.9 Å². The van der Waals surface area contributed by atoms with E-state index < -0.39 is 18.0 Å². The van der Waals surface area contributed by atoms with E-state index in [1.165, 1.54) is 29.3 Å². The van der Waals surface area contributed by atoms with Crippen LogP contribution in [0, 0.1) is 5.82 Å². The molecule has 0 unspecified atom stereocenters. The smallest absolute Gasteiger partial charge is 0.386 e. The molecule has 2 aromatic carbocycles. The van der Waals surface area contributed by atoms with E-state index in [1.54, 1.807) is 18.0 Å². The summed E-state index contributed by atoms with van der Waals surface area (Å²) in [5.74, 6) is -0.933. The molecule has 7 nitrogen and oxygen atoms in total. The van der Waals surface area contributed by atoms with Crippen LogP contribution < -0.4 is 10.1 Å². The molecule has 0 fully saturated rings. The summed E-state index contributed by atoms with van der Waals surface area (Å²) in [5, 5.41) is 20.8. The zero-order valence-electron chi connectivity index (χ0n) is 30.6. The lowest BCUT2D eigenvalue weighted by molar-refractivity contribution is -0.137. The Labute approximate surface area is 291 Å². The normalized spacial score (nSPS) is 11.6. The van der Waals surface area contributed by atoms with Crippen LogP contribution in [0.3, 0.4) is 0 Å². The minimum Gasteiger partial charge on any atom is -0.505 e. The predicted octanol–water partition coefficient (Wildman–Crippen LogP) is 9.53. The second-order valence-corrected chi connectivity index (χ2v) is 10.0. The summed E-state index contributed by atoms with van der Waals surface area (Å²) < 4.78 is 49.0. The Balaban J connectivity index is -0.00000102. The highest BCUT2D eigenvalue weighted by atomic mass is 19.4. The molecule has 0 saturated carbocycles. The molecule has 0 radical (unpaired) electrons. The number of para-hydroxylation sites is 1. The quantitative estimate of drug-likeness (QED) is 0.0699. The summed E-state index contributed by atoms with van der Waals surface area (Å²) in [5.41, 5.74) is 3.48. The maximum Gasteiger partial charge on any atom is 0.386 e. The van der Waals surface area contributed by atoms with Crippen LogP contribution in [0.2, 0.25) is 0 Å².